The molecule has 0 fully saturated rings. The highest BCUT2D eigenvalue weighted by Gasteiger charge is 2.42. The van der Waals surface area contributed by atoms with E-state index >= 15 is 0 Å². The first-order valence-electron chi connectivity index (χ1n) is 10.8. The van der Waals surface area contributed by atoms with Crippen LogP contribution in [0.4, 0.5) is 0 Å². The first-order chi connectivity index (χ1) is 15.4. The van der Waals surface area contributed by atoms with Gasteiger partial charge in [-0.2, -0.15) is 0 Å². The molecule has 1 aliphatic carbocycles. The summed E-state index contributed by atoms with van der Waals surface area (Å²) in [6.45, 7) is 5.68. The van der Waals surface area contributed by atoms with Gasteiger partial charge in [-0.3, -0.25) is 4.79 Å². The molecule has 3 heterocycles. The molecule has 1 N–H and O–H groups in total. The van der Waals surface area contributed by atoms with Crippen LogP contribution in [0, 0.1) is 0 Å². The molecule has 0 saturated carbocycles. The Labute approximate surface area is 190 Å². The van der Waals surface area contributed by atoms with Crippen LogP contribution in [0.15, 0.2) is 58.3 Å². The standard InChI is InChI=1S/C25H25NO5S/c1-13(2)31-25(28)22-14(3)26-17-9-16(21-5-4-8-32-21)10-18(27)24(17)23(22)15-6-7-19-20(11-15)30-12-29-19/h4-8,11,13,16,23,26H,9-10,12H2,1-3H3/t16-,23-/m0/s1. The van der Waals surface area contributed by atoms with Gasteiger partial charge in [0.05, 0.1) is 11.7 Å². The number of fused-ring (bicyclic) bond motifs is 1. The highest BCUT2D eigenvalue weighted by molar-refractivity contribution is 7.10. The summed E-state index contributed by atoms with van der Waals surface area (Å²) in [5.41, 5.74) is 3.55. The fourth-order valence-electron chi connectivity index (χ4n) is 4.74. The number of rotatable bonds is 4. The second-order valence-corrected chi connectivity index (χ2v) is 9.58. The Morgan fingerprint density at radius 2 is 2.00 bits per heavy atom. The first kappa shape index (κ1) is 20.8. The van der Waals surface area contributed by atoms with Crippen molar-refractivity contribution in [2.75, 3.05) is 6.79 Å². The summed E-state index contributed by atoms with van der Waals surface area (Å²) in [4.78, 5) is 27.9. The number of esters is 1. The van der Waals surface area contributed by atoms with E-state index < -0.39 is 11.9 Å². The molecular weight excluding hydrogens is 426 g/mol. The molecule has 7 heteroatoms. The minimum absolute atomic E-state index is 0.0576. The van der Waals surface area contributed by atoms with Gasteiger partial charge < -0.3 is 19.5 Å². The maximum atomic E-state index is 13.5. The normalized spacial score (nSPS) is 22.2. The molecule has 1 aromatic carbocycles. The SMILES string of the molecule is CC1=C(C(=O)OC(C)C)[C@H](c2ccc3c(c2)OCO3)C2=C(C[C@H](c3cccs3)CC2=O)N1. The zero-order valence-electron chi connectivity index (χ0n) is 18.3. The lowest BCUT2D eigenvalue weighted by atomic mass is 9.72. The number of carbonyl (C=O) groups is 2. The highest BCUT2D eigenvalue weighted by Crippen LogP contribution is 2.47. The minimum atomic E-state index is -0.510. The van der Waals surface area contributed by atoms with Crippen LogP contribution in [-0.4, -0.2) is 24.6 Å². The number of Topliss-reactive ketones (excluding diaryl/α,β-unsaturated/α-hetero) is 1. The third-order valence-corrected chi connectivity index (χ3v) is 7.10. The van der Waals surface area contributed by atoms with Crippen molar-refractivity contribution < 1.29 is 23.8 Å². The summed E-state index contributed by atoms with van der Waals surface area (Å²) in [5.74, 6) is 0.565. The lowest BCUT2D eigenvalue weighted by Crippen LogP contribution is -2.36. The highest BCUT2D eigenvalue weighted by atomic mass is 32.1. The van der Waals surface area contributed by atoms with Crippen LogP contribution in [0.3, 0.4) is 0 Å². The van der Waals surface area contributed by atoms with Crippen molar-refractivity contribution in [1.82, 2.24) is 5.32 Å². The van der Waals surface area contributed by atoms with Crippen molar-refractivity contribution in [3.8, 4) is 11.5 Å². The molecule has 32 heavy (non-hydrogen) atoms. The molecule has 0 unspecified atom stereocenters. The maximum Gasteiger partial charge on any atom is 0.337 e. The number of ether oxygens (including phenoxy) is 3. The number of carbonyl (C=O) groups excluding carboxylic acids is 2. The number of hydrogen-bond acceptors (Lipinski definition) is 7. The largest absolute Gasteiger partial charge is 0.460 e. The predicted molar refractivity (Wildman–Crippen MR) is 121 cm³/mol. The summed E-state index contributed by atoms with van der Waals surface area (Å²) in [6.07, 6.45) is 0.890. The van der Waals surface area contributed by atoms with Crippen molar-refractivity contribution in [2.45, 2.75) is 51.6 Å². The Hall–Kier alpha value is -3.06. The average Bonchev–Trinajstić information content (AvgIpc) is 3.43. The van der Waals surface area contributed by atoms with Crippen molar-refractivity contribution in [1.29, 1.82) is 0 Å². The molecule has 5 rings (SSSR count). The lowest BCUT2D eigenvalue weighted by molar-refractivity contribution is -0.143. The van der Waals surface area contributed by atoms with Gasteiger partial charge in [-0.15, -0.1) is 11.3 Å². The number of benzene rings is 1. The monoisotopic (exact) mass is 451 g/mol. The Balaban J connectivity index is 1.61. The molecule has 0 amide bonds. The number of ketones is 1. The van der Waals surface area contributed by atoms with Gasteiger partial charge in [0.1, 0.15) is 0 Å². The van der Waals surface area contributed by atoms with E-state index in [2.05, 4.69) is 11.4 Å². The van der Waals surface area contributed by atoms with E-state index in [1.165, 1.54) is 4.88 Å². The molecule has 6 nitrogen and oxygen atoms in total. The summed E-state index contributed by atoms with van der Waals surface area (Å²) >= 11 is 1.68. The smallest absolute Gasteiger partial charge is 0.337 e. The first-order valence-corrected chi connectivity index (χ1v) is 11.7. The number of dihydropyridines is 1. The Kier molecular flexibility index (Phi) is 5.29. The molecule has 166 valence electrons. The third-order valence-electron chi connectivity index (χ3n) is 6.07. The minimum Gasteiger partial charge on any atom is -0.460 e. The fraction of sp³-hybridized carbons (Fsp3) is 0.360. The topological polar surface area (TPSA) is 73.9 Å². The summed E-state index contributed by atoms with van der Waals surface area (Å²) in [5, 5.41) is 5.42. The fourth-order valence-corrected chi connectivity index (χ4v) is 5.57. The van der Waals surface area contributed by atoms with Gasteiger partial charge in [0.2, 0.25) is 6.79 Å². The Bertz CT molecular complexity index is 1150. The quantitative estimate of drug-likeness (QED) is 0.674. The Morgan fingerprint density at radius 1 is 1.19 bits per heavy atom. The van der Waals surface area contributed by atoms with Crippen LogP contribution in [0.2, 0.25) is 0 Å². The van der Waals surface area contributed by atoms with Crippen molar-refractivity contribution in [3.63, 3.8) is 0 Å². The molecule has 3 aliphatic rings. The van der Waals surface area contributed by atoms with Crippen LogP contribution in [-0.2, 0) is 14.3 Å². The van der Waals surface area contributed by atoms with E-state index in [1.807, 2.05) is 50.4 Å². The molecule has 0 bridgehead atoms. The van der Waals surface area contributed by atoms with Gasteiger partial charge >= 0.3 is 5.97 Å². The van der Waals surface area contributed by atoms with Crippen LogP contribution in [0.5, 0.6) is 11.5 Å². The van der Waals surface area contributed by atoms with Gasteiger partial charge in [0, 0.05) is 40.1 Å². The van der Waals surface area contributed by atoms with Crippen LogP contribution >= 0.6 is 11.3 Å². The van der Waals surface area contributed by atoms with Gasteiger partial charge in [0.15, 0.2) is 17.3 Å². The second kappa shape index (κ2) is 8.13. The van der Waals surface area contributed by atoms with E-state index in [9.17, 15) is 9.59 Å². The molecule has 0 saturated heterocycles. The van der Waals surface area contributed by atoms with Crippen molar-refractivity contribution in [2.24, 2.45) is 0 Å². The molecule has 2 aromatic rings. The van der Waals surface area contributed by atoms with Crippen molar-refractivity contribution in [3.05, 3.63) is 68.7 Å². The zero-order chi connectivity index (χ0) is 22.4. The van der Waals surface area contributed by atoms with Crippen LogP contribution in [0.1, 0.15) is 55.9 Å². The van der Waals surface area contributed by atoms with E-state index in [1.54, 1.807) is 11.3 Å². The Morgan fingerprint density at radius 3 is 2.75 bits per heavy atom. The van der Waals surface area contributed by atoms with Gasteiger partial charge in [-0.25, -0.2) is 4.79 Å². The summed E-state index contributed by atoms with van der Waals surface area (Å²) < 4.78 is 16.6. The van der Waals surface area contributed by atoms with E-state index in [0.29, 0.717) is 29.1 Å². The van der Waals surface area contributed by atoms with Crippen LogP contribution < -0.4 is 14.8 Å². The zero-order valence-corrected chi connectivity index (χ0v) is 19.1. The lowest BCUT2D eigenvalue weighted by Gasteiger charge is -2.36. The average molecular weight is 452 g/mol. The molecule has 2 atom stereocenters. The molecule has 0 radical (unpaired) electrons. The molecular formula is C25H25NO5S. The predicted octanol–water partition coefficient (Wildman–Crippen LogP) is 4.79. The number of nitrogens with one attached hydrogen (secondary N) is 1. The maximum absolute atomic E-state index is 13.5. The van der Waals surface area contributed by atoms with Gasteiger partial charge in [0.25, 0.3) is 0 Å². The van der Waals surface area contributed by atoms with E-state index in [-0.39, 0.29) is 24.6 Å². The van der Waals surface area contributed by atoms with E-state index in [0.717, 1.165) is 23.4 Å². The number of hydrogen-bond donors (Lipinski definition) is 1. The summed E-state index contributed by atoms with van der Waals surface area (Å²) in [6, 6.07) is 9.71. The van der Waals surface area contributed by atoms with Crippen molar-refractivity contribution >= 4 is 23.1 Å². The molecule has 0 spiro atoms. The van der Waals surface area contributed by atoms with Crippen LogP contribution in [0.25, 0.3) is 0 Å². The number of allylic oxidation sites excluding steroid dienone is 3. The summed E-state index contributed by atoms with van der Waals surface area (Å²) in [7, 11) is 0. The third kappa shape index (κ3) is 3.60. The van der Waals surface area contributed by atoms with Gasteiger partial charge in [-0.05, 0) is 56.3 Å². The van der Waals surface area contributed by atoms with E-state index in [4.69, 9.17) is 14.2 Å². The number of thiophene rings is 1. The molecule has 1 aromatic heterocycles. The van der Waals surface area contributed by atoms with Gasteiger partial charge in [-0.1, -0.05) is 12.1 Å². The second-order valence-electron chi connectivity index (χ2n) is 8.60. The molecule has 2 aliphatic heterocycles.